The van der Waals surface area contributed by atoms with Crippen LogP contribution in [0, 0.1) is 0 Å². The van der Waals surface area contributed by atoms with Gasteiger partial charge in [0.15, 0.2) is 0 Å². The van der Waals surface area contributed by atoms with Gasteiger partial charge in [0.2, 0.25) is 5.91 Å². The third kappa shape index (κ3) is 3.43. The van der Waals surface area contributed by atoms with Crippen molar-refractivity contribution in [2.45, 2.75) is 25.3 Å². The minimum Gasteiger partial charge on any atom is -0.493 e. The predicted molar refractivity (Wildman–Crippen MR) is 82.2 cm³/mol. The predicted octanol–water partition coefficient (Wildman–Crippen LogP) is 3.26. The smallest absolute Gasteiger partial charge is 0.220 e. The average molecular weight is 281 g/mol. The van der Waals surface area contributed by atoms with Crippen LogP contribution in [0.15, 0.2) is 54.6 Å². The van der Waals surface area contributed by atoms with E-state index >= 15 is 0 Å². The lowest BCUT2D eigenvalue weighted by atomic mass is 10.00. The molecule has 2 aromatic rings. The first-order chi connectivity index (χ1) is 10.3. The van der Waals surface area contributed by atoms with Gasteiger partial charge in [0.05, 0.1) is 12.6 Å². The van der Waals surface area contributed by atoms with E-state index in [4.69, 9.17) is 4.74 Å². The number of carbonyl (C=O) groups excluding carboxylic acids is 1. The van der Waals surface area contributed by atoms with Crippen molar-refractivity contribution in [1.29, 1.82) is 0 Å². The largest absolute Gasteiger partial charge is 0.493 e. The fourth-order valence-corrected chi connectivity index (χ4v) is 2.66. The SMILES string of the molecule is O=C(CCc1ccccc1)NC1CCOc2ccccc21. The lowest BCUT2D eigenvalue weighted by Gasteiger charge is -2.26. The molecule has 1 N–H and O–H groups in total. The van der Waals surface area contributed by atoms with Gasteiger partial charge >= 0.3 is 0 Å². The van der Waals surface area contributed by atoms with Crippen LogP contribution in [0.3, 0.4) is 0 Å². The van der Waals surface area contributed by atoms with Crippen LogP contribution in [-0.4, -0.2) is 12.5 Å². The summed E-state index contributed by atoms with van der Waals surface area (Å²) in [6.07, 6.45) is 2.12. The Kier molecular flexibility index (Phi) is 4.20. The summed E-state index contributed by atoms with van der Waals surface area (Å²) in [5.41, 5.74) is 2.27. The molecule has 0 radical (unpaired) electrons. The van der Waals surface area contributed by atoms with Gasteiger partial charge in [-0.2, -0.15) is 0 Å². The van der Waals surface area contributed by atoms with Gasteiger partial charge in [0.25, 0.3) is 0 Å². The molecule has 1 unspecified atom stereocenters. The van der Waals surface area contributed by atoms with E-state index in [0.717, 1.165) is 24.2 Å². The summed E-state index contributed by atoms with van der Waals surface area (Å²) >= 11 is 0. The van der Waals surface area contributed by atoms with E-state index in [9.17, 15) is 4.79 Å². The van der Waals surface area contributed by atoms with Crippen LogP contribution in [0.2, 0.25) is 0 Å². The van der Waals surface area contributed by atoms with Crippen molar-refractivity contribution >= 4 is 5.91 Å². The normalized spacial score (nSPS) is 16.7. The molecule has 1 atom stereocenters. The van der Waals surface area contributed by atoms with Gasteiger partial charge in [-0.3, -0.25) is 4.79 Å². The van der Waals surface area contributed by atoms with Gasteiger partial charge in [-0.25, -0.2) is 0 Å². The number of nitrogens with one attached hydrogen (secondary N) is 1. The highest BCUT2D eigenvalue weighted by molar-refractivity contribution is 5.76. The fraction of sp³-hybridized carbons (Fsp3) is 0.278. The van der Waals surface area contributed by atoms with Gasteiger partial charge in [0.1, 0.15) is 5.75 Å². The maximum absolute atomic E-state index is 12.1. The Hall–Kier alpha value is -2.29. The zero-order chi connectivity index (χ0) is 14.5. The molecule has 3 rings (SSSR count). The van der Waals surface area contributed by atoms with E-state index in [1.54, 1.807) is 0 Å². The minimum atomic E-state index is 0.0678. The second-order valence-corrected chi connectivity index (χ2v) is 5.28. The van der Waals surface area contributed by atoms with Crippen molar-refractivity contribution < 1.29 is 9.53 Å². The van der Waals surface area contributed by atoms with Gasteiger partial charge in [-0.1, -0.05) is 48.5 Å². The number of amides is 1. The van der Waals surface area contributed by atoms with Gasteiger partial charge in [-0.15, -0.1) is 0 Å². The summed E-state index contributed by atoms with van der Waals surface area (Å²) in [6.45, 7) is 0.653. The molecule has 0 bridgehead atoms. The zero-order valence-corrected chi connectivity index (χ0v) is 11.9. The molecule has 0 aliphatic carbocycles. The molecule has 0 spiro atoms. The van der Waals surface area contributed by atoms with Crippen LogP contribution in [-0.2, 0) is 11.2 Å². The van der Waals surface area contributed by atoms with E-state index in [1.165, 1.54) is 5.56 Å². The molecule has 3 nitrogen and oxygen atoms in total. The first kappa shape index (κ1) is 13.7. The standard InChI is InChI=1S/C18H19NO2/c20-18(11-10-14-6-2-1-3-7-14)19-16-12-13-21-17-9-5-4-8-15(16)17/h1-9,16H,10-13H2,(H,19,20). The van der Waals surface area contributed by atoms with Crippen molar-refractivity contribution in [3.63, 3.8) is 0 Å². The number of hydrogen-bond acceptors (Lipinski definition) is 2. The molecular weight excluding hydrogens is 262 g/mol. The molecule has 1 amide bonds. The molecular formula is C18H19NO2. The van der Waals surface area contributed by atoms with E-state index in [2.05, 4.69) is 17.4 Å². The summed E-state index contributed by atoms with van der Waals surface area (Å²) in [5, 5.41) is 3.13. The molecule has 1 aliphatic rings. The lowest BCUT2D eigenvalue weighted by Crippen LogP contribution is -2.32. The highest BCUT2D eigenvalue weighted by Gasteiger charge is 2.22. The first-order valence-electron chi connectivity index (χ1n) is 7.38. The molecule has 1 aliphatic heterocycles. The maximum Gasteiger partial charge on any atom is 0.220 e. The Morgan fingerprint density at radius 1 is 1.10 bits per heavy atom. The van der Waals surface area contributed by atoms with E-state index in [0.29, 0.717) is 13.0 Å². The van der Waals surface area contributed by atoms with E-state index in [-0.39, 0.29) is 11.9 Å². The van der Waals surface area contributed by atoms with Crippen LogP contribution in [0.1, 0.15) is 30.0 Å². The quantitative estimate of drug-likeness (QED) is 0.934. The molecule has 2 aromatic carbocycles. The minimum absolute atomic E-state index is 0.0678. The second-order valence-electron chi connectivity index (χ2n) is 5.28. The van der Waals surface area contributed by atoms with Crippen LogP contribution in [0.4, 0.5) is 0 Å². The van der Waals surface area contributed by atoms with Crippen LogP contribution in [0.5, 0.6) is 5.75 Å². The molecule has 0 saturated heterocycles. The van der Waals surface area contributed by atoms with Crippen molar-refractivity contribution in [3.05, 3.63) is 65.7 Å². The highest BCUT2D eigenvalue weighted by Crippen LogP contribution is 2.31. The number of aryl methyl sites for hydroxylation is 1. The van der Waals surface area contributed by atoms with Crippen molar-refractivity contribution in [2.24, 2.45) is 0 Å². The van der Waals surface area contributed by atoms with E-state index in [1.807, 2.05) is 42.5 Å². The van der Waals surface area contributed by atoms with Gasteiger partial charge < -0.3 is 10.1 Å². The number of hydrogen-bond donors (Lipinski definition) is 1. The lowest BCUT2D eigenvalue weighted by molar-refractivity contribution is -0.122. The summed E-state index contributed by atoms with van der Waals surface area (Å²) in [6, 6.07) is 18.1. The number of carbonyl (C=O) groups is 1. The topological polar surface area (TPSA) is 38.3 Å². The number of benzene rings is 2. The number of ether oxygens (including phenoxy) is 1. The molecule has 21 heavy (non-hydrogen) atoms. The maximum atomic E-state index is 12.1. The van der Waals surface area contributed by atoms with Crippen LogP contribution >= 0.6 is 0 Å². The highest BCUT2D eigenvalue weighted by atomic mass is 16.5. The van der Waals surface area contributed by atoms with Crippen LogP contribution < -0.4 is 10.1 Å². The van der Waals surface area contributed by atoms with Crippen molar-refractivity contribution in [1.82, 2.24) is 5.32 Å². The molecule has 1 heterocycles. The average Bonchev–Trinajstić information content (AvgIpc) is 2.54. The molecule has 0 saturated carbocycles. The summed E-state index contributed by atoms with van der Waals surface area (Å²) in [5.74, 6) is 0.984. The number of para-hydroxylation sites is 1. The molecule has 108 valence electrons. The summed E-state index contributed by atoms with van der Waals surface area (Å²) in [4.78, 5) is 12.1. The van der Waals surface area contributed by atoms with E-state index < -0.39 is 0 Å². The van der Waals surface area contributed by atoms with Gasteiger partial charge in [0, 0.05) is 18.4 Å². The molecule has 0 fully saturated rings. The molecule has 0 aromatic heterocycles. The molecule has 3 heteroatoms. The Morgan fingerprint density at radius 2 is 1.86 bits per heavy atom. The third-order valence-electron chi connectivity index (χ3n) is 3.78. The second kappa shape index (κ2) is 6.44. The summed E-state index contributed by atoms with van der Waals surface area (Å²) in [7, 11) is 0. The Labute approximate surface area is 124 Å². The third-order valence-corrected chi connectivity index (χ3v) is 3.78. The van der Waals surface area contributed by atoms with Crippen molar-refractivity contribution in [2.75, 3.05) is 6.61 Å². The van der Waals surface area contributed by atoms with Crippen molar-refractivity contribution in [3.8, 4) is 5.75 Å². The monoisotopic (exact) mass is 281 g/mol. The first-order valence-corrected chi connectivity index (χ1v) is 7.38. The fourth-order valence-electron chi connectivity index (χ4n) is 2.66. The number of rotatable bonds is 4. The Morgan fingerprint density at radius 3 is 2.71 bits per heavy atom. The van der Waals surface area contributed by atoms with Gasteiger partial charge in [-0.05, 0) is 18.1 Å². The zero-order valence-electron chi connectivity index (χ0n) is 11.9. The Bertz CT molecular complexity index is 610. The Balaban J connectivity index is 1.58. The summed E-state index contributed by atoms with van der Waals surface area (Å²) < 4.78 is 5.61. The number of fused-ring (bicyclic) bond motifs is 1. The van der Waals surface area contributed by atoms with Crippen LogP contribution in [0.25, 0.3) is 0 Å².